The molecule has 0 aliphatic heterocycles. The molecule has 6 nitrogen and oxygen atoms in total. The van der Waals surface area contributed by atoms with Crippen LogP contribution in [0.2, 0.25) is 0 Å². The summed E-state index contributed by atoms with van der Waals surface area (Å²) in [5, 5.41) is 14.4. The Balaban J connectivity index is 1.37. The summed E-state index contributed by atoms with van der Waals surface area (Å²) in [5.74, 6) is 1.71. The van der Waals surface area contributed by atoms with Gasteiger partial charge in [0.2, 0.25) is 5.91 Å². The quantitative estimate of drug-likeness (QED) is 0.379. The Morgan fingerprint density at radius 1 is 1.06 bits per heavy atom. The number of benzene rings is 3. The Morgan fingerprint density at radius 3 is 2.69 bits per heavy atom. The summed E-state index contributed by atoms with van der Waals surface area (Å²) in [4.78, 5) is 12.5. The predicted octanol–water partition coefficient (Wildman–Crippen LogP) is 5.15. The topological polar surface area (TPSA) is 69.0 Å². The summed E-state index contributed by atoms with van der Waals surface area (Å²) in [6, 6.07) is 20.2. The van der Waals surface area contributed by atoms with E-state index in [1.807, 2.05) is 67.1 Å². The molecule has 32 heavy (non-hydrogen) atoms. The van der Waals surface area contributed by atoms with Crippen molar-refractivity contribution in [3.05, 3.63) is 77.6 Å². The highest BCUT2D eigenvalue weighted by Gasteiger charge is 2.14. The van der Waals surface area contributed by atoms with Gasteiger partial charge in [0.05, 0.1) is 5.75 Å². The van der Waals surface area contributed by atoms with Gasteiger partial charge in [0.1, 0.15) is 12.4 Å². The molecular weight excluding hydrogens is 420 g/mol. The van der Waals surface area contributed by atoms with Crippen molar-refractivity contribution in [2.24, 2.45) is 7.05 Å². The van der Waals surface area contributed by atoms with E-state index in [9.17, 15) is 4.79 Å². The second kappa shape index (κ2) is 9.87. The maximum Gasteiger partial charge on any atom is 0.234 e. The molecule has 4 aromatic rings. The third kappa shape index (κ3) is 4.78. The largest absolute Gasteiger partial charge is 0.485 e. The van der Waals surface area contributed by atoms with Crippen LogP contribution in [0.4, 0.5) is 5.69 Å². The first kappa shape index (κ1) is 21.9. The van der Waals surface area contributed by atoms with Crippen LogP contribution in [-0.2, 0) is 24.9 Å². The van der Waals surface area contributed by atoms with Crippen LogP contribution in [-0.4, -0.2) is 26.4 Å². The Labute approximate surface area is 192 Å². The van der Waals surface area contributed by atoms with E-state index >= 15 is 0 Å². The number of carbonyl (C=O) groups is 1. The molecule has 0 aliphatic rings. The van der Waals surface area contributed by atoms with E-state index in [0.29, 0.717) is 17.6 Å². The molecule has 0 unspecified atom stereocenters. The molecule has 3 aromatic carbocycles. The molecule has 0 radical (unpaired) electrons. The third-order valence-corrected chi connectivity index (χ3v) is 6.39. The highest BCUT2D eigenvalue weighted by Crippen LogP contribution is 2.26. The maximum absolute atomic E-state index is 12.5. The predicted molar refractivity (Wildman–Crippen MR) is 129 cm³/mol. The van der Waals surface area contributed by atoms with Crippen molar-refractivity contribution in [2.45, 2.75) is 32.0 Å². The zero-order valence-electron chi connectivity index (χ0n) is 18.5. The number of hydrogen-bond acceptors (Lipinski definition) is 5. The molecule has 1 heterocycles. The summed E-state index contributed by atoms with van der Waals surface area (Å²) in [6.45, 7) is 4.39. The molecule has 0 spiro atoms. The number of amides is 1. The second-order valence-electron chi connectivity index (χ2n) is 7.52. The fraction of sp³-hybridized carbons (Fsp3) is 0.240. The smallest absolute Gasteiger partial charge is 0.234 e. The van der Waals surface area contributed by atoms with E-state index in [2.05, 4.69) is 34.6 Å². The van der Waals surface area contributed by atoms with Gasteiger partial charge in [0.25, 0.3) is 0 Å². The fourth-order valence-electron chi connectivity index (χ4n) is 3.57. The summed E-state index contributed by atoms with van der Waals surface area (Å²) >= 11 is 1.36. The Morgan fingerprint density at radius 2 is 1.84 bits per heavy atom. The summed E-state index contributed by atoms with van der Waals surface area (Å²) < 4.78 is 7.90. The highest BCUT2D eigenvalue weighted by atomic mass is 32.2. The van der Waals surface area contributed by atoms with Crippen LogP contribution in [0.25, 0.3) is 10.8 Å². The number of fused-ring (bicyclic) bond motifs is 1. The van der Waals surface area contributed by atoms with Crippen molar-refractivity contribution in [2.75, 3.05) is 11.1 Å². The SMILES string of the molecule is CCc1cccc(C)c1NC(=O)CSc1nnc(COc2cccc3ccccc23)n1C. The van der Waals surface area contributed by atoms with Crippen molar-refractivity contribution in [3.8, 4) is 5.75 Å². The Bertz CT molecular complexity index is 1250. The van der Waals surface area contributed by atoms with Gasteiger partial charge in [-0.05, 0) is 35.9 Å². The van der Waals surface area contributed by atoms with Crippen molar-refractivity contribution in [1.82, 2.24) is 14.8 Å². The minimum Gasteiger partial charge on any atom is -0.485 e. The molecule has 1 N–H and O–H groups in total. The van der Waals surface area contributed by atoms with Crippen LogP contribution in [0, 0.1) is 6.92 Å². The molecule has 1 amide bonds. The lowest BCUT2D eigenvalue weighted by Crippen LogP contribution is -2.16. The zero-order valence-corrected chi connectivity index (χ0v) is 19.3. The summed E-state index contributed by atoms with van der Waals surface area (Å²) in [7, 11) is 1.89. The van der Waals surface area contributed by atoms with E-state index < -0.39 is 0 Å². The average molecular weight is 447 g/mol. The van der Waals surface area contributed by atoms with Crippen LogP contribution in [0.15, 0.2) is 65.8 Å². The van der Waals surface area contributed by atoms with E-state index in [-0.39, 0.29) is 11.7 Å². The van der Waals surface area contributed by atoms with E-state index in [0.717, 1.165) is 39.8 Å². The van der Waals surface area contributed by atoms with Gasteiger partial charge in [-0.1, -0.05) is 73.3 Å². The van der Waals surface area contributed by atoms with Gasteiger partial charge in [-0.15, -0.1) is 10.2 Å². The Hall–Kier alpha value is -3.32. The van der Waals surface area contributed by atoms with Crippen LogP contribution in [0.3, 0.4) is 0 Å². The van der Waals surface area contributed by atoms with Crippen molar-refractivity contribution in [3.63, 3.8) is 0 Å². The molecule has 0 saturated heterocycles. The minimum atomic E-state index is -0.0597. The van der Waals surface area contributed by atoms with Gasteiger partial charge < -0.3 is 14.6 Å². The van der Waals surface area contributed by atoms with Gasteiger partial charge in [0.15, 0.2) is 11.0 Å². The van der Waals surface area contributed by atoms with Crippen LogP contribution in [0.1, 0.15) is 23.9 Å². The number of ether oxygens (including phenoxy) is 1. The molecule has 0 fully saturated rings. The summed E-state index contributed by atoms with van der Waals surface area (Å²) in [6.07, 6.45) is 0.869. The monoisotopic (exact) mass is 446 g/mol. The van der Waals surface area contributed by atoms with Gasteiger partial charge >= 0.3 is 0 Å². The number of thioether (sulfide) groups is 1. The molecule has 0 atom stereocenters. The number of carbonyl (C=O) groups excluding carboxylic acids is 1. The van der Waals surface area contributed by atoms with Crippen molar-refractivity contribution in [1.29, 1.82) is 0 Å². The standard InChI is InChI=1S/C25H26N4O2S/c1-4-18-11-7-9-17(2)24(18)26-23(30)16-32-25-28-27-22(29(25)3)15-31-21-14-8-12-19-10-5-6-13-20(19)21/h5-14H,4,15-16H2,1-3H3,(H,26,30). The average Bonchev–Trinajstić information content (AvgIpc) is 3.16. The second-order valence-corrected chi connectivity index (χ2v) is 8.47. The number of para-hydroxylation sites is 1. The number of nitrogens with zero attached hydrogens (tertiary/aromatic N) is 3. The van der Waals surface area contributed by atoms with Crippen molar-refractivity contribution < 1.29 is 9.53 Å². The normalized spacial score (nSPS) is 11.0. The molecule has 1 aromatic heterocycles. The number of aryl methyl sites for hydroxylation is 2. The minimum absolute atomic E-state index is 0.0597. The maximum atomic E-state index is 12.5. The molecule has 0 aliphatic carbocycles. The third-order valence-electron chi connectivity index (χ3n) is 5.37. The highest BCUT2D eigenvalue weighted by molar-refractivity contribution is 7.99. The molecular formula is C25H26N4O2S. The summed E-state index contributed by atoms with van der Waals surface area (Å²) in [5.41, 5.74) is 3.10. The van der Waals surface area contributed by atoms with Crippen LogP contribution in [0.5, 0.6) is 5.75 Å². The first-order valence-electron chi connectivity index (χ1n) is 10.6. The lowest BCUT2D eigenvalue weighted by molar-refractivity contribution is -0.113. The molecule has 0 saturated carbocycles. The van der Waals surface area contributed by atoms with Crippen LogP contribution >= 0.6 is 11.8 Å². The number of nitrogens with one attached hydrogen (secondary N) is 1. The number of hydrogen-bond donors (Lipinski definition) is 1. The Kier molecular flexibility index (Phi) is 6.75. The lowest BCUT2D eigenvalue weighted by atomic mass is 10.1. The number of aromatic nitrogens is 3. The first-order valence-corrected chi connectivity index (χ1v) is 11.6. The van der Waals surface area contributed by atoms with Crippen molar-refractivity contribution >= 4 is 34.1 Å². The lowest BCUT2D eigenvalue weighted by Gasteiger charge is -2.12. The fourth-order valence-corrected chi connectivity index (χ4v) is 4.30. The van der Waals surface area contributed by atoms with E-state index in [4.69, 9.17) is 4.74 Å². The molecule has 164 valence electrons. The first-order chi connectivity index (χ1) is 15.6. The molecule has 0 bridgehead atoms. The van der Waals surface area contributed by atoms with Gasteiger partial charge in [0, 0.05) is 18.1 Å². The van der Waals surface area contributed by atoms with E-state index in [1.165, 1.54) is 11.8 Å². The molecule has 7 heteroatoms. The van der Waals surface area contributed by atoms with Gasteiger partial charge in [-0.3, -0.25) is 4.79 Å². The van der Waals surface area contributed by atoms with E-state index in [1.54, 1.807) is 0 Å². The zero-order chi connectivity index (χ0) is 22.5. The molecule has 4 rings (SSSR count). The number of anilines is 1. The van der Waals surface area contributed by atoms with Gasteiger partial charge in [-0.25, -0.2) is 0 Å². The van der Waals surface area contributed by atoms with Crippen LogP contribution < -0.4 is 10.1 Å². The number of rotatable bonds is 8. The van der Waals surface area contributed by atoms with Gasteiger partial charge in [-0.2, -0.15) is 0 Å².